The second-order valence-corrected chi connectivity index (χ2v) is 12.1. The zero-order valence-corrected chi connectivity index (χ0v) is 30.4. The molecule has 0 aliphatic carbocycles. The molecule has 4 nitrogen and oxygen atoms in total. The van der Waals surface area contributed by atoms with Crippen molar-refractivity contribution in [3.05, 3.63) is 112 Å². The second kappa shape index (κ2) is 19.8. The van der Waals surface area contributed by atoms with E-state index in [1.54, 1.807) is 0 Å². The van der Waals surface area contributed by atoms with Crippen LogP contribution in [0.15, 0.2) is 88.5 Å². The van der Waals surface area contributed by atoms with E-state index < -0.39 is 0 Å². The molecular weight excluding hydrogens is 555 g/mol. The van der Waals surface area contributed by atoms with E-state index in [1.807, 2.05) is 30.3 Å². The molecule has 0 aromatic heterocycles. The van der Waals surface area contributed by atoms with Gasteiger partial charge < -0.3 is 15.4 Å². The molecule has 3 rings (SSSR count). The average Bonchev–Trinajstić information content (AvgIpc) is 2.93. The summed E-state index contributed by atoms with van der Waals surface area (Å²) in [6.07, 6.45) is 3.56. The third-order valence-corrected chi connectivity index (χ3v) is 7.13. The number of benzene rings is 3. The van der Waals surface area contributed by atoms with Crippen LogP contribution in [0.3, 0.4) is 0 Å². The van der Waals surface area contributed by atoms with Crippen molar-refractivity contribution < 1.29 is 5.11 Å². The van der Waals surface area contributed by atoms with Crippen LogP contribution in [0.1, 0.15) is 121 Å². The van der Waals surface area contributed by atoms with Crippen LogP contribution in [0, 0.1) is 0 Å². The van der Waals surface area contributed by atoms with Crippen molar-refractivity contribution in [3.63, 3.8) is 0 Å². The van der Waals surface area contributed by atoms with Gasteiger partial charge in [-0.15, -0.1) is 5.69 Å². The molecular formula is C38H51CaN3O. The van der Waals surface area contributed by atoms with Gasteiger partial charge in [-0.1, -0.05) is 153 Å². The molecule has 0 aliphatic rings. The first-order valence-electron chi connectivity index (χ1n) is 15.3. The Labute approximate surface area is 291 Å². The Kier molecular flexibility index (Phi) is 17.8. The van der Waals surface area contributed by atoms with Crippen molar-refractivity contribution in [2.75, 3.05) is 6.54 Å². The summed E-state index contributed by atoms with van der Waals surface area (Å²) in [4.78, 5) is 8.66. The van der Waals surface area contributed by atoms with Gasteiger partial charge >= 0.3 is 37.7 Å². The van der Waals surface area contributed by atoms with Gasteiger partial charge in [-0.2, -0.15) is 5.70 Å². The first-order chi connectivity index (χ1) is 20.0. The Bertz CT molecular complexity index is 1290. The minimum atomic E-state index is 0. The number of hydrogen-bond acceptors (Lipinski definition) is 3. The molecule has 0 N–H and O–H groups in total. The van der Waals surface area contributed by atoms with Crippen molar-refractivity contribution in [1.82, 2.24) is 0 Å². The number of allylic oxidation sites excluding steroid dienone is 2. The molecule has 0 saturated carbocycles. The molecule has 0 atom stereocenters. The second-order valence-electron chi connectivity index (χ2n) is 12.1. The number of para-hydroxylation sites is 2. The SMILES string of the molecule is CC(/C=C(/C)[N-]c1c(C(C)C)cccc1C(C)C)=Nc1c(C(C)C)cccc1C(C)C.[Ca+2].[O-]C=NCCc1ccccc1. The maximum Gasteiger partial charge on any atom is 2.00 e. The van der Waals surface area contributed by atoms with Crippen molar-refractivity contribution in [1.29, 1.82) is 0 Å². The van der Waals surface area contributed by atoms with Crippen LogP contribution in [0.2, 0.25) is 0 Å². The monoisotopic (exact) mass is 605 g/mol. The summed E-state index contributed by atoms with van der Waals surface area (Å²) in [6, 6.07) is 23.1. The quantitative estimate of drug-likeness (QED) is 0.122. The molecule has 3 aromatic carbocycles. The zero-order chi connectivity index (χ0) is 31.2. The van der Waals surface area contributed by atoms with E-state index in [0.717, 1.165) is 29.2 Å². The molecule has 3 aromatic rings. The van der Waals surface area contributed by atoms with E-state index in [1.165, 1.54) is 27.8 Å². The van der Waals surface area contributed by atoms with E-state index >= 15 is 0 Å². The van der Waals surface area contributed by atoms with E-state index in [4.69, 9.17) is 10.3 Å². The first kappa shape index (κ1) is 38.6. The molecule has 5 heteroatoms. The zero-order valence-electron chi connectivity index (χ0n) is 28.2. The number of aliphatic imine (C=N–C) groups is 2. The van der Waals surface area contributed by atoms with E-state index in [0.29, 0.717) is 36.6 Å². The van der Waals surface area contributed by atoms with Crippen molar-refractivity contribution in [2.24, 2.45) is 9.98 Å². The van der Waals surface area contributed by atoms with Crippen LogP contribution in [-0.2, 0) is 6.42 Å². The number of hydrogen-bond donors (Lipinski definition) is 0. The Morgan fingerprint density at radius 1 is 0.698 bits per heavy atom. The first-order valence-corrected chi connectivity index (χ1v) is 15.3. The molecule has 0 fully saturated rings. The van der Waals surface area contributed by atoms with Gasteiger partial charge in [-0.25, -0.2) is 0 Å². The van der Waals surface area contributed by atoms with Crippen molar-refractivity contribution in [3.8, 4) is 0 Å². The number of rotatable bonds is 11. The smallest absolute Gasteiger partial charge is 0.864 e. The van der Waals surface area contributed by atoms with Crippen LogP contribution < -0.4 is 5.11 Å². The molecule has 0 bridgehead atoms. The Morgan fingerprint density at radius 3 is 1.60 bits per heavy atom. The third kappa shape index (κ3) is 12.6. The van der Waals surface area contributed by atoms with Gasteiger partial charge in [-0.3, -0.25) is 4.99 Å². The van der Waals surface area contributed by atoms with Gasteiger partial charge in [0.05, 0.1) is 5.69 Å². The van der Waals surface area contributed by atoms with Gasteiger partial charge in [-0.05, 0) is 53.7 Å². The minimum absolute atomic E-state index is 0. The predicted octanol–water partition coefficient (Wildman–Crippen LogP) is 10.1. The maximum atomic E-state index is 9.83. The van der Waals surface area contributed by atoms with E-state index in [9.17, 15) is 5.11 Å². The van der Waals surface area contributed by atoms with Gasteiger partial charge in [0.1, 0.15) is 0 Å². The Morgan fingerprint density at radius 2 is 1.16 bits per heavy atom. The molecule has 226 valence electrons. The molecule has 0 spiro atoms. The average molecular weight is 606 g/mol. The van der Waals surface area contributed by atoms with Crippen LogP contribution in [0.25, 0.3) is 5.32 Å². The molecule has 0 aliphatic heterocycles. The topological polar surface area (TPSA) is 61.9 Å². The summed E-state index contributed by atoms with van der Waals surface area (Å²) in [5.74, 6) is 1.75. The molecule has 0 radical (unpaired) electrons. The molecule has 0 heterocycles. The summed E-state index contributed by atoms with van der Waals surface area (Å²) >= 11 is 0. The van der Waals surface area contributed by atoms with Crippen LogP contribution in [-0.4, -0.2) is 56.4 Å². The van der Waals surface area contributed by atoms with Gasteiger partial charge in [0.2, 0.25) is 0 Å². The number of nitrogens with zero attached hydrogens (tertiary/aromatic N) is 3. The summed E-state index contributed by atoms with van der Waals surface area (Å²) in [5.41, 5.74) is 10.7. The summed E-state index contributed by atoms with van der Waals surface area (Å²) < 4.78 is 0. The maximum absolute atomic E-state index is 9.83. The fourth-order valence-corrected chi connectivity index (χ4v) is 4.89. The molecule has 0 unspecified atom stereocenters. The van der Waals surface area contributed by atoms with Gasteiger partial charge in [0.25, 0.3) is 0 Å². The largest absolute Gasteiger partial charge is 2.00 e. The van der Waals surface area contributed by atoms with Gasteiger partial charge in [0.15, 0.2) is 0 Å². The van der Waals surface area contributed by atoms with E-state index in [2.05, 4.69) is 117 Å². The third-order valence-electron chi connectivity index (χ3n) is 7.13. The van der Waals surface area contributed by atoms with Crippen LogP contribution in [0.5, 0.6) is 0 Å². The standard InChI is InChI=1S/C29H41N2.C9H11NO.Ca/c1-18(2)24-13-11-14-25(19(3)4)28(24)30-22(9)17-23(10)31-29-26(20(5)6)15-12-16-27(29)21(7)8;11-8-10-7-6-9-4-2-1-3-5-9;/h11-21H,1-10H3;1-5,8H,6-7H2,(H,10,11);/q-1;;+2/p-1/b22-17-,31-23?;;. The Hall–Kier alpha value is -2.40. The molecule has 0 amide bonds. The minimum Gasteiger partial charge on any atom is -0.864 e. The Balaban J connectivity index is 0.000000647. The van der Waals surface area contributed by atoms with E-state index in [-0.39, 0.29) is 37.7 Å². The van der Waals surface area contributed by atoms with Crippen molar-refractivity contribution >= 4 is 61.2 Å². The van der Waals surface area contributed by atoms with Crippen LogP contribution in [0.4, 0.5) is 11.4 Å². The van der Waals surface area contributed by atoms with Gasteiger partial charge in [0, 0.05) is 12.3 Å². The van der Waals surface area contributed by atoms with Crippen molar-refractivity contribution in [2.45, 2.75) is 99.3 Å². The summed E-state index contributed by atoms with van der Waals surface area (Å²) in [5, 5.41) is 14.9. The molecule has 43 heavy (non-hydrogen) atoms. The normalized spacial score (nSPS) is 12.1. The predicted molar refractivity (Wildman–Crippen MR) is 188 cm³/mol. The fourth-order valence-electron chi connectivity index (χ4n) is 4.89. The molecule has 0 saturated heterocycles. The summed E-state index contributed by atoms with van der Waals surface area (Å²) in [6.45, 7) is 22.6. The van der Waals surface area contributed by atoms with Crippen LogP contribution >= 0.6 is 0 Å². The fraction of sp³-hybridized carbons (Fsp3) is 0.421. The summed E-state index contributed by atoms with van der Waals surface area (Å²) in [7, 11) is 0.